The van der Waals surface area contributed by atoms with Crippen LogP contribution < -0.4 is 10.1 Å². The van der Waals surface area contributed by atoms with Crippen molar-refractivity contribution in [3.05, 3.63) is 42.0 Å². The second-order valence-electron chi connectivity index (χ2n) is 11.9. The normalized spacial score (nSPS) is 13.9. The Labute approximate surface area is 297 Å². The number of esters is 1. The molecule has 1 amide bonds. The van der Waals surface area contributed by atoms with Crippen molar-refractivity contribution >= 4 is 29.8 Å². The van der Waals surface area contributed by atoms with Crippen LogP contribution in [-0.2, 0) is 35.2 Å². The molecule has 0 aliphatic rings. The molecule has 0 bridgehead atoms. The van der Waals surface area contributed by atoms with Crippen LogP contribution in [0.5, 0.6) is 5.75 Å². The van der Waals surface area contributed by atoms with Gasteiger partial charge < -0.3 is 34.7 Å². The molecule has 0 aromatic heterocycles. The summed E-state index contributed by atoms with van der Waals surface area (Å²) in [5, 5.41) is 31.7. The lowest BCUT2D eigenvalue weighted by Gasteiger charge is -2.30. The highest BCUT2D eigenvalue weighted by atomic mass is 16.6. The number of aliphatic hydroxyl groups is 1. The van der Waals surface area contributed by atoms with E-state index < -0.39 is 41.8 Å². The topological polar surface area (TPSA) is 165 Å². The van der Waals surface area contributed by atoms with Crippen LogP contribution in [0.25, 0.3) is 0 Å². The number of oxime groups is 2. The van der Waals surface area contributed by atoms with E-state index in [1.807, 2.05) is 0 Å². The van der Waals surface area contributed by atoms with E-state index >= 15 is 0 Å². The predicted molar refractivity (Wildman–Crippen MR) is 194 cm³/mol. The SMILES string of the molecule is CC#CCOc1ccc(C[C@H](NC(=O)[C@@H](C=CCCCCCCC(CCCCCCC)=NOC)[C@@](O)(CC=NOC)C(=O)O)C(=O)OC)cc1. The molecule has 0 aliphatic carbocycles. The van der Waals surface area contributed by atoms with E-state index in [0.717, 1.165) is 56.9 Å². The summed E-state index contributed by atoms with van der Waals surface area (Å²) in [5.74, 6) is 1.38. The summed E-state index contributed by atoms with van der Waals surface area (Å²) in [6.07, 6.45) is 15.7. The van der Waals surface area contributed by atoms with Crippen LogP contribution in [0.1, 0.15) is 103 Å². The molecule has 3 atom stereocenters. The minimum atomic E-state index is -2.57. The largest absolute Gasteiger partial charge is 0.481 e. The first-order chi connectivity index (χ1) is 24.2. The summed E-state index contributed by atoms with van der Waals surface area (Å²) >= 11 is 0. The standard InChI is InChI=1S/C38H57N3O9/c1-6-8-10-13-16-19-31(41-49-5)20-17-14-11-12-15-18-21-33(38(46,37(44)45)26-27-39-48-4)35(42)40-34(36(43)47-3)29-30-22-24-32(25-23-30)50-28-9-7-2/h18,21-25,27,33-34,46H,6,8,10-17,19-20,26,28-29H2,1-5H3,(H,40,42)(H,44,45)/t33-,34+,38+/m1/s1. The fourth-order valence-corrected chi connectivity index (χ4v) is 5.26. The van der Waals surface area contributed by atoms with E-state index in [2.05, 4.69) is 39.2 Å². The Bertz CT molecular complexity index is 1280. The Morgan fingerprint density at radius 3 is 2.20 bits per heavy atom. The molecule has 0 fully saturated rings. The molecule has 0 unspecified atom stereocenters. The molecule has 50 heavy (non-hydrogen) atoms. The summed E-state index contributed by atoms with van der Waals surface area (Å²) in [6, 6.07) is 5.75. The van der Waals surface area contributed by atoms with Gasteiger partial charge in [0.1, 0.15) is 32.6 Å². The number of carbonyl (C=O) groups excluding carboxylic acids is 2. The molecule has 12 nitrogen and oxygen atoms in total. The zero-order chi connectivity index (χ0) is 37.0. The highest BCUT2D eigenvalue weighted by Crippen LogP contribution is 2.25. The van der Waals surface area contributed by atoms with Gasteiger partial charge in [-0.1, -0.05) is 86.0 Å². The third-order valence-electron chi connectivity index (χ3n) is 8.11. The van der Waals surface area contributed by atoms with Gasteiger partial charge in [0.2, 0.25) is 5.91 Å². The molecule has 278 valence electrons. The molecule has 0 spiro atoms. The van der Waals surface area contributed by atoms with E-state index in [0.29, 0.717) is 17.7 Å². The van der Waals surface area contributed by atoms with E-state index in [-0.39, 0.29) is 13.0 Å². The third kappa shape index (κ3) is 17.3. The highest BCUT2D eigenvalue weighted by molar-refractivity contribution is 5.94. The van der Waals surface area contributed by atoms with E-state index in [1.54, 1.807) is 44.4 Å². The summed E-state index contributed by atoms with van der Waals surface area (Å²) < 4.78 is 10.5. The Hall–Kier alpha value is -4.37. The van der Waals surface area contributed by atoms with Crippen LogP contribution in [0.2, 0.25) is 0 Å². The molecule has 0 heterocycles. The quantitative estimate of drug-likeness (QED) is 0.0249. The number of carbonyl (C=O) groups is 3. The lowest BCUT2D eigenvalue weighted by atomic mass is 9.83. The van der Waals surface area contributed by atoms with Gasteiger partial charge in [0.15, 0.2) is 5.60 Å². The fourth-order valence-electron chi connectivity index (χ4n) is 5.26. The van der Waals surface area contributed by atoms with Crippen LogP contribution >= 0.6 is 0 Å². The van der Waals surface area contributed by atoms with Crippen molar-refractivity contribution in [3.8, 4) is 17.6 Å². The number of nitrogens with zero attached hydrogens (tertiary/aromatic N) is 2. The van der Waals surface area contributed by atoms with Crippen molar-refractivity contribution in [3.63, 3.8) is 0 Å². The molecule has 0 radical (unpaired) electrons. The van der Waals surface area contributed by atoms with Crippen LogP contribution in [0.4, 0.5) is 0 Å². The minimum absolute atomic E-state index is 0.0518. The maximum atomic E-state index is 13.7. The number of amides is 1. The molecule has 1 aromatic rings. The molecule has 0 aliphatic heterocycles. The van der Waals surface area contributed by atoms with Crippen molar-refractivity contribution in [2.75, 3.05) is 27.9 Å². The molecule has 12 heteroatoms. The Kier molecular flexibility index (Phi) is 23.1. The molecular weight excluding hydrogens is 642 g/mol. The van der Waals surface area contributed by atoms with E-state index in [9.17, 15) is 24.6 Å². The maximum Gasteiger partial charge on any atom is 0.337 e. The molecule has 3 N–H and O–H groups in total. The molecule has 1 aromatic carbocycles. The number of allylic oxidation sites excluding steroid dienone is 1. The molecular formula is C38H57N3O9. The van der Waals surface area contributed by atoms with E-state index in [4.69, 9.17) is 14.3 Å². The van der Waals surface area contributed by atoms with Gasteiger partial charge in [0.25, 0.3) is 0 Å². The molecule has 0 saturated heterocycles. The lowest BCUT2D eigenvalue weighted by molar-refractivity contribution is -0.165. The number of carboxylic acid groups (broad SMARTS) is 1. The Balaban J connectivity index is 2.96. The van der Waals surface area contributed by atoms with Gasteiger partial charge in [-0.3, -0.25) is 4.79 Å². The van der Waals surface area contributed by atoms with Crippen molar-refractivity contribution < 1.29 is 43.7 Å². The number of methoxy groups -OCH3 is 1. The first-order valence-corrected chi connectivity index (χ1v) is 17.4. The zero-order valence-corrected chi connectivity index (χ0v) is 30.4. The van der Waals surface area contributed by atoms with Crippen LogP contribution in [-0.4, -0.2) is 79.6 Å². The van der Waals surface area contributed by atoms with Gasteiger partial charge in [-0.25, -0.2) is 9.59 Å². The van der Waals surface area contributed by atoms with Crippen molar-refractivity contribution in [2.24, 2.45) is 16.2 Å². The number of carboxylic acids is 1. The predicted octanol–water partition coefficient (Wildman–Crippen LogP) is 6.00. The monoisotopic (exact) mass is 699 g/mol. The highest BCUT2D eigenvalue weighted by Gasteiger charge is 2.47. The van der Waals surface area contributed by atoms with Gasteiger partial charge in [0.05, 0.1) is 18.7 Å². The van der Waals surface area contributed by atoms with Gasteiger partial charge in [-0.05, 0) is 63.1 Å². The van der Waals surface area contributed by atoms with Crippen molar-refractivity contribution in [1.29, 1.82) is 0 Å². The number of benzene rings is 1. The van der Waals surface area contributed by atoms with Crippen LogP contribution in [0, 0.1) is 17.8 Å². The zero-order valence-electron chi connectivity index (χ0n) is 30.4. The number of nitrogens with one attached hydrogen (secondary N) is 1. The number of hydrogen-bond donors (Lipinski definition) is 3. The van der Waals surface area contributed by atoms with Crippen molar-refractivity contribution in [2.45, 2.75) is 115 Å². The van der Waals surface area contributed by atoms with Crippen LogP contribution in [0.15, 0.2) is 46.7 Å². The number of rotatable bonds is 27. The summed E-state index contributed by atoms with van der Waals surface area (Å²) in [7, 11) is 4.04. The number of unbranched alkanes of at least 4 members (excludes halogenated alkanes) is 8. The van der Waals surface area contributed by atoms with Gasteiger partial charge >= 0.3 is 11.9 Å². The Morgan fingerprint density at radius 1 is 0.960 bits per heavy atom. The second kappa shape index (κ2) is 26.5. The van der Waals surface area contributed by atoms with Crippen molar-refractivity contribution in [1.82, 2.24) is 5.32 Å². The Morgan fingerprint density at radius 2 is 1.62 bits per heavy atom. The number of aliphatic carboxylic acids is 1. The van der Waals surface area contributed by atoms with Gasteiger partial charge in [0, 0.05) is 19.1 Å². The van der Waals surface area contributed by atoms with E-state index in [1.165, 1.54) is 46.0 Å². The second-order valence-corrected chi connectivity index (χ2v) is 11.9. The lowest BCUT2D eigenvalue weighted by Crippen LogP contribution is -2.55. The first-order valence-electron chi connectivity index (χ1n) is 17.4. The maximum absolute atomic E-state index is 13.7. The minimum Gasteiger partial charge on any atom is -0.481 e. The summed E-state index contributed by atoms with van der Waals surface area (Å²) in [5.41, 5.74) is -0.802. The summed E-state index contributed by atoms with van der Waals surface area (Å²) in [6.45, 7) is 4.15. The average molecular weight is 700 g/mol. The molecule has 1 rings (SSSR count). The first kappa shape index (κ1) is 43.7. The number of ether oxygens (including phenoxy) is 2. The average Bonchev–Trinajstić information content (AvgIpc) is 3.10. The number of hydrogen-bond acceptors (Lipinski definition) is 10. The van der Waals surface area contributed by atoms with Gasteiger partial charge in [-0.2, -0.15) is 0 Å². The third-order valence-corrected chi connectivity index (χ3v) is 8.11. The van der Waals surface area contributed by atoms with Gasteiger partial charge in [-0.15, -0.1) is 5.92 Å². The summed E-state index contributed by atoms with van der Waals surface area (Å²) in [4.78, 5) is 48.5. The fraction of sp³-hybridized carbons (Fsp3) is 0.605. The van der Waals surface area contributed by atoms with Crippen LogP contribution in [0.3, 0.4) is 0 Å². The smallest absolute Gasteiger partial charge is 0.337 e. The molecule has 0 saturated carbocycles.